The first kappa shape index (κ1) is 30.1. The van der Waals surface area contributed by atoms with Gasteiger partial charge in [0.15, 0.2) is 0 Å². The Morgan fingerprint density at radius 1 is 0.614 bits per heavy atom. The number of nitrogens with zero attached hydrogens (tertiary/aromatic N) is 1. The van der Waals surface area contributed by atoms with Crippen LogP contribution in [0.1, 0.15) is 124 Å². The van der Waals surface area contributed by atoms with Crippen molar-refractivity contribution in [3.63, 3.8) is 0 Å². The molecule has 0 atom stereocenters. The first-order chi connectivity index (χ1) is 21.3. The molecule has 5 N–H and O–H groups in total. The Morgan fingerprint density at radius 3 is 1.64 bits per heavy atom. The molecule has 0 aromatic carbocycles. The van der Waals surface area contributed by atoms with Crippen LogP contribution >= 0.6 is 0 Å². The van der Waals surface area contributed by atoms with E-state index in [9.17, 15) is 5.11 Å². The summed E-state index contributed by atoms with van der Waals surface area (Å²) in [5.41, 5.74) is 16.2. The van der Waals surface area contributed by atoms with Gasteiger partial charge in [0, 0.05) is 44.5 Å². The van der Waals surface area contributed by atoms with Crippen LogP contribution in [0, 0.1) is 0 Å². The van der Waals surface area contributed by atoms with E-state index in [0.29, 0.717) is 0 Å². The van der Waals surface area contributed by atoms with Crippen LogP contribution in [-0.2, 0) is 43.9 Å². The number of aromatic nitrogens is 4. The molecule has 6 nitrogen and oxygen atoms in total. The zero-order valence-electron chi connectivity index (χ0n) is 27.9. The Kier molecular flexibility index (Phi) is 7.89. The Morgan fingerprint density at radius 2 is 1.11 bits per heavy atom. The van der Waals surface area contributed by atoms with E-state index in [2.05, 4.69) is 93.9 Å². The van der Waals surface area contributed by atoms with Crippen LogP contribution in [0.25, 0.3) is 29.6 Å². The topological polar surface area (TPSA) is 92.5 Å². The molecule has 0 saturated heterocycles. The van der Waals surface area contributed by atoms with E-state index in [-0.39, 0.29) is 11.2 Å². The molecule has 4 aromatic heterocycles. The lowest BCUT2D eigenvalue weighted by Crippen LogP contribution is -2.24. The molecule has 44 heavy (non-hydrogen) atoms. The molecule has 232 valence electrons. The fourth-order valence-electron chi connectivity index (χ4n) is 8.35. The molecule has 2 aliphatic heterocycles. The molecular formula is C38H49N5O. The average molecular weight is 592 g/mol. The normalized spacial score (nSPS) is 14.7. The highest BCUT2D eigenvalue weighted by Crippen LogP contribution is 2.55. The van der Waals surface area contributed by atoms with E-state index >= 15 is 0 Å². The molecule has 0 spiro atoms. The van der Waals surface area contributed by atoms with Gasteiger partial charge in [-0.25, -0.2) is 4.98 Å². The average Bonchev–Trinajstić information content (AvgIpc) is 3.75. The highest BCUT2D eigenvalue weighted by molar-refractivity contribution is 5.88. The molecule has 0 unspecified atom stereocenters. The van der Waals surface area contributed by atoms with Crippen molar-refractivity contribution in [3.05, 3.63) is 78.6 Å². The fourth-order valence-corrected chi connectivity index (χ4v) is 8.35. The van der Waals surface area contributed by atoms with Gasteiger partial charge < -0.3 is 25.4 Å². The van der Waals surface area contributed by atoms with E-state index in [1.165, 1.54) is 49.8 Å². The number of H-pyrrole nitrogens is 3. The van der Waals surface area contributed by atoms with E-state index in [1.807, 2.05) is 0 Å². The van der Waals surface area contributed by atoms with Crippen molar-refractivity contribution < 1.29 is 5.11 Å². The van der Waals surface area contributed by atoms with Crippen LogP contribution in [0.2, 0.25) is 0 Å². The van der Waals surface area contributed by atoms with E-state index in [4.69, 9.17) is 4.98 Å². The Bertz CT molecular complexity index is 1890. The summed E-state index contributed by atoms with van der Waals surface area (Å²) in [6, 6.07) is 0. The Balaban J connectivity index is 1.82. The van der Waals surface area contributed by atoms with E-state index < -0.39 is 0 Å². The summed E-state index contributed by atoms with van der Waals surface area (Å²) in [5.74, 6) is 0.261. The summed E-state index contributed by atoms with van der Waals surface area (Å²) in [4.78, 5) is 16.5. The molecule has 0 fully saturated rings. The zero-order valence-corrected chi connectivity index (χ0v) is 27.9. The number of hydrogen-bond acceptors (Lipinski definition) is 3. The molecule has 6 rings (SSSR count). The highest BCUT2D eigenvalue weighted by Gasteiger charge is 2.45. The minimum atomic E-state index is -0.349. The zero-order chi connectivity index (χ0) is 31.3. The van der Waals surface area contributed by atoms with Gasteiger partial charge in [0.05, 0.1) is 17.6 Å². The number of anilines is 1. The second-order valence-electron chi connectivity index (χ2n) is 12.3. The third-order valence-corrected chi connectivity index (χ3v) is 10.6. The predicted octanol–water partition coefficient (Wildman–Crippen LogP) is 7.31. The third kappa shape index (κ3) is 4.24. The molecular weight excluding hydrogens is 542 g/mol. The van der Waals surface area contributed by atoms with Crippen LogP contribution in [-0.4, -0.2) is 25.0 Å². The Hall–Kier alpha value is -3.93. The number of aromatic hydroxyl groups is 1. The largest absolute Gasteiger partial charge is 0.506 e. The van der Waals surface area contributed by atoms with Gasteiger partial charge in [-0.15, -0.1) is 0 Å². The summed E-state index contributed by atoms with van der Waals surface area (Å²) < 4.78 is 0. The maximum atomic E-state index is 11.4. The van der Waals surface area contributed by atoms with Crippen LogP contribution in [0.4, 0.5) is 5.69 Å². The summed E-state index contributed by atoms with van der Waals surface area (Å²) in [5, 5.41) is 17.7. The lowest BCUT2D eigenvalue weighted by molar-refractivity contribution is 0.425. The predicted molar refractivity (Wildman–Crippen MR) is 184 cm³/mol. The number of allylic oxidation sites excluding steroid dienone is 1. The minimum absolute atomic E-state index is 0.261. The first-order valence-corrected chi connectivity index (χ1v) is 17.0. The van der Waals surface area contributed by atoms with Gasteiger partial charge in [-0.05, 0) is 103 Å². The maximum absolute atomic E-state index is 11.4. The molecule has 6 heteroatoms. The van der Waals surface area contributed by atoms with E-state index in [0.717, 1.165) is 91.1 Å². The molecule has 0 radical (unpaired) electrons. The fraction of sp³-hybridized carbons (Fsp3) is 0.447. The monoisotopic (exact) mass is 591 g/mol. The lowest BCUT2D eigenvalue weighted by Gasteiger charge is -2.29. The van der Waals surface area contributed by atoms with Crippen molar-refractivity contribution in [1.29, 1.82) is 0 Å². The quantitative estimate of drug-likeness (QED) is 0.149. The number of hydrogen-bond donors (Lipinski definition) is 5. The third-order valence-electron chi connectivity index (χ3n) is 10.6. The lowest BCUT2D eigenvalue weighted by atomic mass is 9.74. The van der Waals surface area contributed by atoms with Gasteiger partial charge in [0.2, 0.25) is 0 Å². The molecule has 2 aliphatic rings. The molecule has 8 bridgehead atoms. The summed E-state index contributed by atoms with van der Waals surface area (Å²) >= 11 is 0. The molecule has 0 saturated carbocycles. The second kappa shape index (κ2) is 11.5. The van der Waals surface area contributed by atoms with Crippen molar-refractivity contribution >= 4 is 23.9 Å². The SMILES string of the molecule is CCc1c2[nH]c(c1CC)C=c1[nH]c(c(CC)c1CC)=Cc1[nH]c(c(CC)c1CC)-c1ncc(O)c3c1NC(=C2)C3(CC)CC. The number of fused-ring (bicyclic) bond motifs is 8. The van der Waals surface area contributed by atoms with Crippen molar-refractivity contribution in [2.24, 2.45) is 0 Å². The van der Waals surface area contributed by atoms with Gasteiger partial charge in [-0.3, -0.25) is 0 Å². The number of aromatic amines is 3. The number of pyridine rings is 1. The first-order valence-electron chi connectivity index (χ1n) is 17.0. The van der Waals surface area contributed by atoms with Crippen molar-refractivity contribution in [3.8, 4) is 17.1 Å². The maximum Gasteiger partial charge on any atom is 0.140 e. The van der Waals surface area contributed by atoms with Gasteiger partial charge in [-0.2, -0.15) is 0 Å². The second-order valence-corrected chi connectivity index (χ2v) is 12.3. The van der Waals surface area contributed by atoms with Gasteiger partial charge in [0.1, 0.15) is 11.4 Å². The summed E-state index contributed by atoms with van der Waals surface area (Å²) in [7, 11) is 0. The summed E-state index contributed by atoms with van der Waals surface area (Å²) in [6.45, 7) is 18.0. The number of rotatable bonds is 8. The minimum Gasteiger partial charge on any atom is -0.506 e. The van der Waals surface area contributed by atoms with E-state index in [1.54, 1.807) is 6.20 Å². The Labute approximate surface area is 261 Å². The standard InChI is InChI=1S/C38H49N5O/c1-9-21-22(10-2)29-18-30-25(13-5)26(14-6)35(42-30)37-36-34(32(44)20-39-37)38(15-7,16-8)33(43-36)19-31-24(12-4)23(11-3)28(41-31)17-27(21)40-29/h17-20,40-44H,9-16H2,1-8H3. The van der Waals surface area contributed by atoms with Gasteiger partial charge in [-0.1, -0.05) is 55.4 Å². The van der Waals surface area contributed by atoms with Crippen LogP contribution < -0.4 is 16.0 Å². The summed E-state index contributed by atoms with van der Waals surface area (Å²) in [6.07, 6.45) is 16.0. The van der Waals surface area contributed by atoms with Gasteiger partial charge in [0.25, 0.3) is 0 Å². The molecule has 0 aliphatic carbocycles. The van der Waals surface area contributed by atoms with Crippen LogP contribution in [0.5, 0.6) is 5.75 Å². The smallest absolute Gasteiger partial charge is 0.140 e. The molecule has 6 heterocycles. The molecule has 4 aromatic rings. The van der Waals surface area contributed by atoms with Crippen LogP contribution in [0.15, 0.2) is 11.9 Å². The van der Waals surface area contributed by atoms with Crippen molar-refractivity contribution in [2.75, 3.05) is 5.32 Å². The highest BCUT2D eigenvalue weighted by atomic mass is 16.3. The van der Waals surface area contributed by atoms with Gasteiger partial charge >= 0.3 is 0 Å². The van der Waals surface area contributed by atoms with Crippen LogP contribution in [0.3, 0.4) is 0 Å². The number of nitrogens with one attached hydrogen (secondary N) is 4. The molecule has 0 amide bonds. The van der Waals surface area contributed by atoms with Crippen molar-refractivity contribution in [1.82, 2.24) is 19.9 Å². The van der Waals surface area contributed by atoms with Crippen molar-refractivity contribution in [2.45, 2.75) is 112 Å².